The monoisotopic (exact) mass is 199 g/mol. The highest BCUT2D eigenvalue weighted by atomic mass is 35.5. The third-order valence-electron chi connectivity index (χ3n) is 1.65. The Kier molecular flexibility index (Phi) is 4.09. The highest BCUT2D eigenvalue weighted by Crippen LogP contribution is 2.05. The summed E-state index contributed by atoms with van der Waals surface area (Å²) in [6.07, 6.45) is 3.82. The maximum Gasteiger partial charge on any atom is 0.225 e. The van der Waals surface area contributed by atoms with Gasteiger partial charge in [-0.2, -0.15) is 0 Å². The van der Waals surface area contributed by atoms with Crippen molar-refractivity contribution in [2.75, 3.05) is 0 Å². The van der Waals surface area contributed by atoms with Crippen LogP contribution in [0.1, 0.15) is 38.3 Å². The van der Waals surface area contributed by atoms with E-state index in [2.05, 4.69) is 28.8 Å². The highest BCUT2D eigenvalue weighted by molar-refractivity contribution is 6.28. The zero-order valence-corrected chi connectivity index (χ0v) is 8.80. The minimum Gasteiger partial charge on any atom is -0.218 e. The molecule has 1 heterocycles. The first-order chi connectivity index (χ1) is 6.26. The van der Waals surface area contributed by atoms with Gasteiger partial charge >= 0.3 is 0 Å². The van der Waals surface area contributed by atoms with Crippen molar-refractivity contribution >= 4 is 11.6 Å². The number of aryl methyl sites for hydroxylation is 2. The average Bonchev–Trinajstić information content (AvgIpc) is 2.04. The van der Waals surface area contributed by atoms with Crippen LogP contribution in [-0.4, -0.2) is 15.0 Å². The van der Waals surface area contributed by atoms with Gasteiger partial charge in [-0.15, -0.1) is 0 Å². The lowest BCUT2D eigenvalue weighted by molar-refractivity contribution is 0.754. The summed E-state index contributed by atoms with van der Waals surface area (Å²) in [4.78, 5) is 12.4. The Morgan fingerprint density at radius 1 is 0.923 bits per heavy atom. The molecule has 0 aliphatic carbocycles. The highest BCUT2D eigenvalue weighted by Gasteiger charge is 2.02. The molecule has 0 bridgehead atoms. The van der Waals surface area contributed by atoms with Gasteiger partial charge in [-0.25, -0.2) is 15.0 Å². The van der Waals surface area contributed by atoms with Crippen LogP contribution >= 0.6 is 11.6 Å². The molecular formula is C9H14ClN3. The van der Waals surface area contributed by atoms with Gasteiger partial charge in [0.05, 0.1) is 0 Å². The summed E-state index contributed by atoms with van der Waals surface area (Å²) in [6, 6.07) is 0. The molecule has 72 valence electrons. The van der Waals surface area contributed by atoms with Crippen LogP contribution in [0.25, 0.3) is 0 Å². The molecule has 0 aliphatic heterocycles. The summed E-state index contributed by atoms with van der Waals surface area (Å²) >= 11 is 5.76. The van der Waals surface area contributed by atoms with Crippen LogP contribution in [0.3, 0.4) is 0 Å². The lowest BCUT2D eigenvalue weighted by Crippen LogP contribution is -2.03. The molecule has 0 unspecified atom stereocenters. The van der Waals surface area contributed by atoms with E-state index in [-0.39, 0.29) is 0 Å². The summed E-state index contributed by atoms with van der Waals surface area (Å²) in [6.45, 7) is 4.19. The van der Waals surface area contributed by atoms with Crippen LogP contribution in [0.2, 0.25) is 5.28 Å². The number of rotatable bonds is 4. The fourth-order valence-electron chi connectivity index (χ4n) is 1.11. The summed E-state index contributed by atoms with van der Waals surface area (Å²) in [7, 11) is 0. The van der Waals surface area contributed by atoms with E-state index < -0.39 is 0 Å². The van der Waals surface area contributed by atoms with Crippen molar-refractivity contribution in [3.8, 4) is 0 Å². The number of hydrogen-bond acceptors (Lipinski definition) is 3. The molecule has 0 atom stereocenters. The Morgan fingerprint density at radius 2 is 1.38 bits per heavy atom. The summed E-state index contributed by atoms with van der Waals surface area (Å²) in [5.41, 5.74) is 0. The Morgan fingerprint density at radius 3 is 1.77 bits per heavy atom. The number of nitrogens with zero attached hydrogens (tertiary/aromatic N) is 3. The third kappa shape index (κ3) is 3.27. The van der Waals surface area contributed by atoms with E-state index in [1.165, 1.54) is 0 Å². The van der Waals surface area contributed by atoms with E-state index in [9.17, 15) is 0 Å². The van der Waals surface area contributed by atoms with E-state index in [1.807, 2.05) is 0 Å². The fraction of sp³-hybridized carbons (Fsp3) is 0.667. The smallest absolute Gasteiger partial charge is 0.218 e. The van der Waals surface area contributed by atoms with Crippen LogP contribution in [-0.2, 0) is 12.8 Å². The Bertz CT molecular complexity index is 251. The van der Waals surface area contributed by atoms with Gasteiger partial charge in [-0.05, 0) is 24.4 Å². The first-order valence-electron chi connectivity index (χ1n) is 4.65. The quantitative estimate of drug-likeness (QED) is 0.748. The third-order valence-corrected chi connectivity index (χ3v) is 1.82. The molecular weight excluding hydrogens is 186 g/mol. The maximum atomic E-state index is 5.76. The molecule has 3 nitrogen and oxygen atoms in total. The minimum atomic E-state index is 0.321. The Labute approximate surface area is 83.6 Å². The summed E-state index contributed by atoms with van der Waals surface area (Å²) in [5.74, 6) is 1.62. The molecule has 0 aliphatic rings. The predicted octanol–water partition coefficient (Wildman–Crippen LogP) is 2.43. The predicted molar refractivity (Wildman–Crippen MR) is 52.8 cm³/mol. The van der Waals surface area contributed by atoms with Crippen molar-refractivity contribution in [3.63, 3.8) is 0 Å². The standard InChI is InChI=1S/C9H14ClN3/c1-3-5-7-11-8(6-4-2)13-9(10)12-7/h3-6H2,1-2H3. The van der Waals surface area contributed by atoms with E-state index in [0.717, 1.165) is 37.3 Å². The van der Waals surface area contributed by atoms with Crippen molar-refractivity contribution in [2.45, 2.75) is 39.5 Å². The maximum absolute atomic E-state index is 5.76. The zero-order chi connectivity index (χ0) is 9.68. The minimum absolute atomic E-state index is 0.321. The van der Waals surface area contributed by atoms with Crippen molar-refractivity contribution in [2.24, 2.45) is 0 Å². The lowest BCUT2D eigenvalue weighted by Gasteiger charge is -2.01. The van der Waals surface area contributed by atoms with E-state index in [0.29, 0.717) is 5.28 Å². The van der Waals surface area contributed by atoms with Gasteiger partial charge in [0.2, 0.25) is 5.28 Å². The first kappa shape index (κ1) is 10.4. The molecule has 4 heteroatoms. The molecule has 0 aromatic carbocycles. The number of halogens is 1. The summed E-state index contributed by atoms with van der Waals surface area (Å²) < 4.78 is 0. The van der Waals surface area contributed by atoms with Crippen molar-refractivity contribution in [1.29, 1.82) is 0 Å². The molecule has 0 amide bonds. The topological polar surface area (TPSA) is 38.7 Å². The summed E-state index contributed by atoms with van der Waals surface area (Å²) in [5, 5.41) is 0.321. The zero-order valence-electron chi connectivity index (χ0n) is 8.05. The molecule has 1 aromatic rings. The number of aromatic nitrogens is 3. The van der Waals surface area contributed by atoms with Crippen molar-refractivity contribution < 1.29 is 0 Å². The largest absolute Gasteiger partial charge is 0.225 e. The normalized spacial score (nSPS) is 10.4. The Hall–Kier alpha value is -0.700. The molecule has 0 radical (unpaired) electrons. The molecule has 0 N–H and O–H groups in total. The van der Waals surface area contributed by atoms with Gasteiger partial charge in [-0.3, -0.25) is 0 Å². The van der Waals surface area contributed by atoms with Crippen molar-refractivity contribution in [1.82, 2.24) is 15.0 Å². The fourth-order valence-corrected chi connectivity index (χ4v) is 1.30. The molecule has 0 saturated heterocycles. The van der Waals surface area contributed by atoms with Gasteiger partial charge in [0.1, 0.15) is 11.6 Å². The van der Waals surface area contributed by atoms with E-state index >= 15 is 0 Å². The molecule has 0 fully saturated rings. The molecule has 13 heavy (non-hydrogen) atoms. The van der Waals surface area contributed by atoms with Gasteiger partial charge in [0, 0.05) is 12.8 Å². The SMILES string of the molecule is CCCc1nc(Cl)nc(CCC)n1. The van der Waals surface area contributed by atoms with Crippen LogP contribution < -0.4 is 0 Å². The second-order valence-corrected chi connectivity index (χ2v) is 3.27. The van der Waals surface area contributed by atoms with Gasteiger partial charge < -0.3 is 0 Å². The molecule has 0 spiro atoms. The van der Waals surface area contributed by atoms with E-state index in [1.54, 1.807) is 0 Å². The van der Waals surface area contributed by atoms with Gasteiger partial charge in [-0.1, -0.05) is 13.8 Å². The van der Waals surface area contributed by atoms with Crippen LogP contribution in [0, 0.1) is 0 Å². The lowest BCUT2D eigenvalue weighted by atomic mass is 10.3. The van der Waals surface area contributed by atoms with Crippen LogP contribution in [0.4, 0.5) is 0 Å². The van der Waals surface area contributed by atoms with Crippen LogP contribution in [0.15, 0.2) is 0 Å². The van der Waals surface area contributed by atoms with Gasteiger partial charge in [0.15, 0.2) is 0 Å². The molecule has 1 rings (SSSR count). The van der Waals surface area contributed by atoms with Crippen molar-refractivity contribution in [3.05, 3.63) is 16.9 Å². The molecule has 0 saturated carbocycles. The number of hydrogen-bond donors (Lipinski definition) is 0. The first-order valence-corrected chi connectivity index (χ1v) is 5.03. The second kappa shape index (κ2) is 5.12. The van der Waals surface area contributed by atoms with Gasteiger partial charge in [0.25, 0.3) is 0 Å². The molecule has 1 aromatic heterocycles. The second-order valence-electron chi connectivity index (χ2n) is 2.94. The average molecular weight is 200 g/mol. The Balaban J connectivity index is 2.83. The van der Waals surface area contributed by atoms with Crippen LogP contribution in [0.5, 0.6) is 0 Å². The van der Waals surface area contributed by atoms with E-state index in [4.69, 9.17) is 11.6 Å².